The van der Waals surface area contributed by atoms with Crippen LogP contribution in [-0.2, 0) is 4.79 Å². The Morgan fingerprint density at radius 2 is 2.00 bits per heavy atom. The lowest BCUT2D eigenvalue weighted by molar-refractivity contribution is -0.118. The molecule has 9 heteroatoms. The van der Waals surface area contributed by atoms with Crippen LogP contribution in [0.25, 0.3) is 44.8 Å². The van der Waals surface area contributed by atoms with Crippen molar-refractivity contribution in [2.75, 3.05) is 5.32 Å². The highest BCUT2D eigenvalue weighted by molar-refractivity contribution is 5.95. The van der Waals surface area contributed by atoms with Gasteiger partial charge in [-0.15, -0.1) is 0 Å². The average molecular weight is 398 g/mol. The fourth-order valence-electron chi connectivity index (χ4n) is 3.15. The first-order valence-corrected chi connectivity index (χ1v) is 9.50. The summed E-state index contributed by atoms with van der Waals surface area (Å²) in [6.45, 7) is 3.69. The van der Waals surface area contributed by atoms with Crippen molar-refractivity contribution in [3.63, 3.8) is 0 Å². The lowest BCUT2D eigenvalue weighted by Gasteiger charge is -2.08. The minimum absolute atomic E-state index is 0.0621. The summed E-state index contributed by atoms with van der Waals surface area (Å²) in [5.74, 6) is 0.450. The van der Waals surface area contributed by atoms with Crippen molar-refractivity contribution in [1.82, 2.24) is 35.1 Å². The predicted octanol–water partition coefficient (Wildman–Crippen LogP) is 3.55. The van der Waals surface area contributed by atoms with E-state index in [1.807, 2.05) is 38.1 Å². The molecule has 0 atom stereocenters. The van der Waals surface area contributed by atoms with Gasteiger partial charge in [-0.3, -0.25) is 19.9 Å². The molecule has 0 aliphatic heterocycles. The van der Waals surface area contributed by atoms with Crippen LogP contribution in [0.1, 0.15) is 13.8 Å². The van der Waals surface area contributed by atoms with Crippen LogP contribution < -0.4 is 5.32 Å². The van der Waals surface area contributed by atoms with Crippen LogP contribution in [0.5, 0.6) is 0 Å². The molecule has 5 aromatic rings. The van der Waals surface area contributed by atoms with Gasteiger partial charge >= 0.3 is 0 Å². The van der Waals surface area contributed by atoms with E-state index < -0.39 is 0 Å². The third-order valence-electron chi connectivity index (χ3n) is 4.75. The highest BCUT2D eigenvalue weighted by atomic mass is 16.1. The molecule has 0 aliphatic carbocycles. The highest BCUT2D eigenvalue weighted by Gasteiger charge is 2.15. The first-order chi connectivity index (χ1) is 14.6. The van der Waals surface area contributed by atoms with Crippen molar-refractivity contribution in [3.8, 4) is 22.8 Å². The van der Waals surface area contributed by atoms with E-state index in [1.54, 1.807) is 24.8 Å². The summed E-state index contributed by atoms with van der Waals surface area (Å²) < 4.78 is 0. The number of hydrogen-bond donors (Lipinski definition) is 3. The number of nitrogens with zero attached hydrogens (tertiary/aromatic N) is 5. The largest absolute Gasteiger partial charge is 0.335 e. The maximum atomic E-state index is 12.0. The summed E-state index contributed by atoms with van der Waals surface area (Å²) in [6, 6.07) is 7.56. The molecule has 9 nitrogen and oxygen atoms in total. The number of amides is 1. The molecule has 5 rings (SSSR count). The number of carbonyl (C=O) groups is 1. The molecule has 3 N–H and O–H groups in total. The number of H-pyrrole nitrogens is 2. The summed E-state index contributed by atoms with van der Waals surface area (Å²) in [4.78, 5) is 32.8. The van der Waals surface area contributed by atoms with Gasteiger partial charge in [0.25, 0.3) is 0 Å². The van der Waals surface area contributed by atoms with Crippen LogP contribution in [-0.4, -0.2) is 41.0 Å². The van der Waals surface area contributed by atoms with Gasteiger partial charge in [0.1, 0.15) is 5.69 Å². The summed E-state index contributed by atoms with van der Waals surface area (Å²) >= 11 is 0. The van der Waals surface area contributed by atoms with Crippen molar-refractivity contribution in [1.29, 1.82) is 0 Å². The zero-order chi connectivity index (χ0) is 20.7. The van der Waals surface area contributed by atoms with E-state index in [0.29, 0.717) is 28.5 Å². The van der Waals surface area contributed by atoms with Gasteiger partial charge in [-0.1, -0.05) is 13.8 Å². The molecule has 0 spiro atoms. The van der Waals surface area contributed by atoms with Crippen molar-refractivity contribution in [3.05, 3.63) is 49.1 Å². The first kappa shape index (κ1) is 17.9. The van der Waals surface area contributed by atoms with Crippen LogP contribution in [0, 0.1) is 5.92 Å². The van der Waals surface area contributed by atoms with Crippen LogP contribution in [0.4, 0.5) is 5.69 Å². The Balaban J connectivity index is 1.55. The van der Waals surface area contributed by atoms with Crippen molar-refractivity contribution >= 4 is 33.7 Å². The van der Waals surface area contributed by atoms with E-state index in [2.05, 4.69) is 40.4 Å². The van der Waals surface area contributed by atoms with Crippen LogP contribution in [0.2, 0.25) is 0 Å². The van der Waals surface area contributed by atoms with Gasteiger partial charge in [0.05, 0.1) is 34.8 Å². The molecule has 148 valence electrons. The normalized spacial score (nSPS) is 11.4. The van der Waals surface area contributed by atoms with Gasteiger partial charge in [-0.05, 0) is 24.3 Å². The van der Waals surface area contributed by atoms with E-state index in [1.165, 1.54) is 0 Å². The molecule has 0 radical (unpaired) electrons. The Morgan fingerprint density at radius 1 is 1.10 bits per heavy atom. The number of fused-ring (bicyclic) bond motifs is 2. The Kier molecular flexibility index (Phi) is 4.20. The number of imidazole rings is 1. The second-order valence-corrected chi connectivity index (χ2v) is 7.25. The summed E-state index contributed by atoms with van der Waals surface area (Å²) in [5.41, 5.74) is 5.09. The Bertz CT molecular complexity index is 1350. The van der Waals surface area contributed by atoms with Crippen LogP contribution in [0.15, 0.2) is 49.1 Å². The summed E-state index contributed by atoms with van der Waals surface area (Å²) in [6.07, 6.45) is 6.76. The highest BCUT2D eigenvalue weighted by Crippen LogP contribution is 2.29. The van der Waals surface area contributed by atoms with E-state index >= 15 is 0 Å². The number of carbonyl (C=O) groups excluding carboxylic acids is 1. The molecule has 0 saturated heterocycles. The first-order valence-electron chi connectivity index (χ1n) is 9.50. The lowest BCUT2D eigenvalue weighted by Crippen LogP contribution is -2.17. The molecule has 0 unspecified atom stereocenters. The van der Waals surface area contributed by atoms with Gasteiger partial charge in [0, 0.05) is 29.3 Å². The van der Waals surface area contributed by atoms with E-state index in [4.69, 9.17) is 0 Å². The second kappa shape index (κ2) is 7.03. The molecule has 0 bridgehead atoms. The number of rotatable bonds is 4. The van der Waals surface area contributed by atoms with Gasteiger partial charge in [0.2, 0.25) is 5.91 Å². The van der Waals surface area contributed by atoms with Gasteiger partial charge in [0.15, 0.2) is 11.5 Å². The van der Waals surface area contributed by atoms with Gasteiger partial charge in [-0.2, -0.15) is 5.10 Å². The Hall–Kier alpha value is -4.14. The third kappa shape index (κ3) is 3.16. The monoisotopic (exact) mass is 398 g/mol. The van der Waals surface area contributed by atoms with Crippen LogP contribution >= 0.6 is 0 Å². The zero-order valence-corrected chi connectivity index (χ0v) is 16.3. The molecule has 0 aliphatic rings. The molecule has 30 heavy (non-hydrogen) atoms. The topological polar surface area (TPSA) is 125 Å². The minimum atomic E-state index is -0.116. The zero-order valence-electron chi connectivity index (χ0n) is 16.3. The Morgan fingerprint density at radius 3 is 2.83 bits per heavy atom. The molecule has 0 aromatic carbocycles. The van der Waals surface area contributed by atoms with Gasteiger partial charge < -0.3 is 10.3 Å². The maximum Gasteiger partial charge on any atom is 0.226 e. The SMILES string of the molecule is CC(C)C(=O)Nc1cncc(-c2cc3c(-c4nc5ncccc5[nH]4)n[nH]c3cn2)c1. The number of aromatic nitrogens is 7. The lowest BCUT2D eigenvalue weighted by atomic mass is 10.1. The fraction of sp³-hybridized carbons (Fsp3) is 0.143. The van der Waals surface area contributed by atoms with Crippen molar-refractivity contribution < 1.29 is 4.79 Å². The molecule has 0 fully saturated rings. The molecule has 1 amide bonds. The molecule has 5 heterocycles. The third-order valence-corrected chi connectivity index (χ3v) is 4.75. The average Bonchev–Trinajstić information content (AvgIpc) is 3.37. The minimum Gasteiger partial charge on any atom is -0.335 e. The van der Waals surface area contributed by atoms with Crippen molar-refractivity contribution in [2.24, 2.45) is 5.92 Å². The summed E-state index contributed by atoms with van der Waals surface area (Å²) in [7, 11) is 0. The number of anilines is 1. The second-order valence-electron chi connectivity index (χ2n) is 7.25. The number of aromatic amines is 2. The molecule has 0 saturated carbocycles. The molecular formula is C21H18N8O. The maximum absolute atomic E-state index is 12.0. The standard InChI is InChI=1S/C21H18N8O/c1-11(2)21(30)25-13-6-12(8-22-9-13)16-7-14-17(10-24-16)28-29-18(14)20-26-15-4-3-5-23-19(15)27-20/h3-11H,1-2H3,(H,25,30)(H,28,29)(H,23,26,27). The van der Waals surface area contributed by atoms with E-state index in [9.17, 15) is 4.79 Å². The predicted molar refractivity (Wildman–Crippen MR) is 113 cm³/mol. The molecular weight excluding hydrogens is 380 g/mol. The number of nitrogens with one attached hydrogen (secondary N) is 3. The number of hydrogen-bond acceptors (Lipinski definition) is 6. The quantitative estimate of drug-likeness (QED) is 0.425. The van der Waals surface area contributed by atoms with E-state index in [0.717, 1.165) is 22.0 Å². The Labute approximate surface area is 171 Å². The van der Waals surface area contributed by atoms with Gasteiger partial charge in [-0.25, -0.2) is 9.97 Å². The van der Waals surface area contributed by atoms with Crippen LogP contribution in [0.3, 0.4) is 0 Å². The smallest absolute Gasteiger partial charge is 0.226 e. The van der Waals surface area contributed by atoms with Crippen molar-refractivity contribution in [2.45, 2.75) is 13.8 Å². The van der Waals surface area contributed by atoms with E-state index in [-0.39, 0.29) is 11.8 Å². The molecule has 5 aromatic heterocycles. The summed E-state index contributed by atoms with van der Waals surface area (Å²) in [5, 5.41) is 11.1. The fourth-order valence-corrected chi connectivity index (χ4v) is 3.15. The number of pyridine rings is 3.